The van der Waals surface area contributed by atoms with Crippen LogP contribution in [-0.2, 0) is 10.5 Å². The molecule has 0 aliphatic carbocycles. The number of hydrogen-bond donors (Lipinski definition) is 2. The van der Waals surface area contributed by atoms with Crippen LogP contribution in [0.5, 0.6) is 0 Å². The molecule has 0 unspecified atom stereocenters. The number of H-pyrrole nitrogens is 1. The van der Waals surface area contributed by atoms with Gasteiger partial charge in [0.25, 0.3) is 11.2 Å². The number of amides is 1. The average molecular weight is 409 g/mol. The Bertz CT molecular complexity index is 899. The molecule has 0 saturated heterocycles. The van der Waals surface area contributed by atoms with E-state index in [1.54, 1.807) is 18.7 Å². The van der Waals surface area contributed by atoms with Gasteiger partial charge in [0.15, 0.2) is 5.16 Å². The molecule has 1 aromatic carbocycles. The van der Waals surface area contributed by atoms with E-state index in [2.05, 4.69) is 29.1 Å². The van der Waals surface area contributed by atoms with Gasteiger partial charge in [0.05, 0.1) is 16.4 Å². The SMILES string of the molecule is Cc1cc([N+](=O)[O-])ccc1NC(=O)CSc1nc(CSC(C)C)cc(=O)[nH]1. The number of benzene rings is 1. The first-order valence-corrected chi connectivity index (χ1v) is 10.2. The predicted molar refractivity (Wildman–Crippen MR) is 108 cm³/mol. The number of aromatic nitrogens is 2. The van der Waals surface area contributed by atoms with Crippen LogP contribution >= 0.6 is 23.5 Å². The lowest BCUT2D eigenvalue weighted by atomic mass is 10.2. The fourth-order valence-electron chi connectivity index (χ4n) is 2.10. The van der Waals surface area contributed by atoms with Gasteiger partial charge in [0.1, 0.15) is 0 Å². The largest absolute Gasteiger partial charge is 0.325 e. The third kappa shape index (κ3) is 6.72. The van der Waals surface area contributed by atoms with Crippen LogP contribution in [0.4, 0.5) is 11.4 Å². The fraction of sp³-hybridized carbons (Fsp3) is 0.353. The van der Waals surface area contributed by atoms with Gasteiger partial charge in [-0.3, -0.25) is 19.7 Å². The van der Waals surface area contributed by atoms with Crippen molar-refractivity contribution in [3.05, 3.63) is 56.0 Å². The average Bonchev–Trinajstić information content (AvgIpc) is 2.59. The maximum Gasteiger partial charge on any atom is 0.269 e. The second-order valence-corrected chi connectivity index (χ2v) is 8.52. The van der Waals surface area contributed by atoms with E-state index in [1.165, 1.54) is 24.3 Å². The maximum absolute atomic E-state index is 12.2. The second kappa shape index (κ2) is 9.56. The number of nitrogens with zero attached hydrogens (tertiary/aromatic N) is 2. The molecule has 0 atom stereocenters. The van der Waals surface area contributed by atoms with Crippen LogP contribution in [0.3, 0.4) is 0 Å². The summed E-state index contributed by atoms with van der Waals surface area (Å²) in [4.78, 5) is 41.2. The summed E-state index contributed by atoms with van der Waals surface area (Å²) in [5.41, 5.74) is 1.50. The highest BCUT2D eigenvalue weighted by molar-refractivity contribution is 7.99. The van der Waals surface area contributed by atoms with Crippen LogP contribution in [0.15, 0.2) is 34.2 Å². The molecule has 8 nitrogen and oxygen atoms in total. The van der Waals surface area contributed by atoms with Crippen molar-refractivity contribution in [2.45, 2.75) is 36.9 Å². The van der Waals surface area contributed by atoms with Gasteiger partial charge < -0.3 is 10.3 Å². The highest BCUT2D eigenvalue weighted by Crippen LogP contribution is 2.22. The molecular formula is C17H20N4O4S2. The monoisotopic (exact) mass is 408 g/mol. The zero-order valence-electron chi connectivity index (χ0n) is 15.1. The number of aromatic amines is 1. The number of nitrogens with one attached hydrogen (secondary N) is 2. The Kier molecular flexibility index (Phi) is 7.43. The Morgan fingerprint density at radius 3 is 2.74 bits per heavy atom. The molecule has 2 N–H and O–H groups in total. The zero-order chi connectivity index (χ0) is 20.0. The van der Waals surface area contributed by atoms with E-state index >= 15 is 0 Å². The Hall–Kier alpha value is -2.33. The van der Waals surface area contributed by atoms with Crippen molar-refractivity contribution in [2.24, 2.45) is 0 Å². The van der Waals surface area contributed by atoms with Gasteiger partial charge in [-0.05, 0) is 23.8 Å². The number of anilines is 1. The molecular weight excluding hydrogens is 388 g/mol. The van der Waals surface area contributed by atoms with Crippen LogP contribution in [0.25, 0.3) is 0 Å². The predicted octanol–water partition coefficient (Wildman–Crippen LogP) is 3.36. The number of non-ortho nitro benzene ring substituents is 1. The highest BCUT2D eigenvalue weighted by Gasteiger charge is 2.11. The molecule has 144 valence electrons. The van der Waals surface area contributed by atoms with Crippen molar-refractivity contribution in [1.82, 2.24) is 9.97 Å². The quantitative estimate of drug-likeness (QED) is 0.297. The van der Waals surface area contributed by atoms with Crippen LogP contribution in [0.1, 0.15) is 25.1 Å². The minimum absolute atomic E-state index is 0.0299. The molecule has 0 bridgehead atoms. The van der Waals surface area contributed by atoms with E-state index < -0.39 is 4.92 Å². The van der Waals surface area contributed by atoms with Gasteiger partial charge in [-0.2, -0.15) is 11.8 Å². The smallest absolute Gasteiger partial charge is 0.269 e. The molecule has 1 heterocycles. The van der Waals surface area contributed by atoms with Gasteiger partial charge in [0, 0.05) is 29.6 Å². The number of hydrogen-bond acceptors (Lipinski definition) is 7. The topological polar surface area (TPSA) is 118 Å². The Balaban J connectivity index is 1.97. The van der Waals surface area contributed by atoms with Crippen LogP contribution in [0.2, 0.25) is 0 Å². The Morgan fingerprint density at radius 2 is 2.11 bits per heavy atom. The molecule has 27 heavy (non-hydrogen) atoms. The van der Waals surface area contributed by atoms with Crippen molar-refractivity contribution in [3.63, 3.8) is 0 Å². The summed E-state index contributed by atoms with van der Waals surface area (Å²) < 4.78 is 0. The molecule has 1 amide bonds. The van der Waals surface area contributed by atoms with Crippen molar-refractivity contribution < 1.29 is 9.72 Å². The maximum atomic E-state index is 12.2. The number of rotatable bonds is 8. The summed E-state index contributed by atoms with van der Waals surface area (Å²) >= 11 is 2.81. The minimum atomic E-state index is -0.485. The van der Waals surface area contributed by atoms with E-state index in [-0.39, 0.29) is 22.9 Å². The molecule has 0 saturated carbocycles. The fourth-order valence-corrected chi connectivity index (χ4v) is 3.45. The number of nitro groups is 1. The second-order valence-electron chi connectivity index (χ2n) is 5.99. The third-order valence-corrected chi connectivity index (χ3v) is 5.37. The molecule has 10 heteroatoms. The van der Waals surface area contributed by atoms with Gasteiger partial charge in [-0.15, -0.1) is 0 Å². The first kappa shape index (κ1) is 21.0. The first-order valence-electron chi connectivity index (χ1n) is 8.14. The number of carbonyl (C=O) groups excluding carboxylic acids is 1. The normalized spacial score (nSPS) is 10.8. The molecule has 0 spiro atoms. The molecule has 0 aliphatic rings. The van der Waals surface area contributed by atoms with E-state index in [9.17, 15) is 19.7 Å². The van der Waals surface area contributed by atoms with Crippen molar-refractivity contribution in [3.8, 4) is 0 Å². The van der Waals surface area contributed by atoms with Gasteiger partial charge in [-0.25, -0.2) is 4.98 Å². The van der Waals surface area contributed by atoms with E-state index in [0.29, 0.717) is 33.1 Å². The van der Waals surface area contributed by atoms with Crippen molar-refractivity contribution in [1.29, 1.82) is 0 Å². The Morgan fingerprint density at radius 1 is 1.37 bits per heavy atom. The van der Waals surface area contributed by atoms with Gasteiger partial charge in [0.2, 0.25) is 5.91 Å². The van der Waals surface area contributed by atoms with E-state index in [0.717, 1.165) is 11.8 Å². The number of aryl methyl sites for hydroxylation is 1. The minimum Gasteiger partial charge on any atom is -0.325 e. The first-order chi connectivity index (χ1) is 12.7. The van der Waals surface area contributed by atoms with Crippen LogP contribution in [0, 0.1) is 17.0 Å². The molecule has 0 radical (unpaired) electrons. The van der Waals surface area contributed by atoms with Crippen molar-refractivity contribution >= 4 is 40.8 Å². The van der Waals surface area contributed by atoms with E-state index in [4.69, 9.17) is 0 Å². The molecule has 0 fully saturated rings. The van der Waals surface area contributed by atoms with Crippen molar-refractivity contribution in [2.75, 3.05) is 11.1 Å². The number of carbonyl (C=O) groups is 1. The lowest BCUT2D eigenvalue weighted by Gasteiger charge is -2.08. The molecule has 2 aromatic rings. The third-order valence-electron chi connectivity index (χ3n) is 3.37. The highest BCUT2D eigenvalue weighted by atomic mass is 32.2. The van der Waals surface area contributed by atoms with E-state index in [1.807, 2.05) is 0 Å². The lowest BCUT2D eigenvalue weighted by molar-refractivity contribution is -0.384. The molecule has 0 aliphatic heterocycles. The van der Waals surface area contributed by atoms with Gasteiger partial charge in [-0.1, -0.05) is 25.6 Å². The summed E-state index contributed by atoms with van der Waals surface area (Å²) in [7, 11) is 0. The summed E-state index contributed by atoms with van der Waals surface area (Å²) in [6.45, 7) is 5.82. The number of thioether (sulfide) groups is 2. The number of nitro benzene ring substituents is 1. The van der Waals surface area contributed by atoms with Crippen LogP contribution < -0.4 is 10.9 Å². The summed E-state index contributed by atoms with van der Waals surface area (Å²) in [5.74, 6) is 0.394. The standard InChI is InChI=1S/C17H20N4O4S2/c1-10(2)26-8-12-7-15(22)20-17(18-12)27-9-16(23)19-14-5-4-13(21(24)25)6-11(14)3/h4-7,10H,8-9H2,1-3H3,(H,19,23)(H,18,20,22). The molecule has 2 rings (SSSR count). The van der Waals surface area contributed by atoms with Gasteiger partial charge >= 0.3 is 0 Å². The lowest BCUT2D eigenvalue weighted by Crippen LogP contribution is -2.16. The van der Waals surface area contributed by atoms with Crippen LogP contribution in [-0.4, -0.2) is 31.8 Å². The molecule has 1 aromatic heterocycles. The summed E-state index contributed by atoms with van der Waals surface area (Å²) in [6.07, 6.45) is 0. The zero-order valence-corrected chi connectivity index (χ0v) is 16.8. The summed E-state index contributed by atoms with van der Waals surface area (Å²) in [5, 5.41) is 14.3. The summed E-state index contributed by atoms with van der Waals surface area (Å²) in [6, 6.07) is 5.70. The Labute approximate surface area is 164 Å².